The highest BCUT2D eigenvalue weighted by Crippen LogP contribution is 2.40. The van der Waals surface area contributed by atoms with Gasteiger partial charge in [-0.25, -0.2) is 0 Å². The van der Waals surface area contributed by atoms with Crippen LogP contribution in [0.1, 0.15) is 45.7 Å². The van der Waals surface area contributed by atoms with Crippen LogP contribution in [-0.2, 0) is 5.41 Å². The number of benzene rings is 1. The highest BCUT2D eigenvalue weighted by atomic mass is 28.3. The van der Waals surface area contributed by atoms with Crippen LogP contribution in [-0.4, -0.2) is 42.5 Å². The van der Waals surface area contributed by atoms with Gasteiger partial charge in [-0.3, -0.25) is 0 Å². The second kappa shape index (κ2) is 9.15. The molecule has 0 aromatic heterocycles. The molecule has 1 unspecified atom stereocenters. The number of ether oxygens (including phenoxy) is 1. The molecule has 4 heteroatoms. The van der Waals surface area contributed by atoms with E-state index in [2.05, 4.69) is 105 Å². The molecular weight excluding hydrogens is 410 g/mol. The van der Waals surface area contributed by atoms with Crippen molar-refractivity contribution in [1.29, 1.82) is 0 Å². The summed E-state index contributed by atoms with van der Waals surface area (Å²) in [5.74, 6) is 1.62. The van der Waals surface area contributed by atoms with E-state index in [1.165, 1.54) is 27.6 Å². The molecule has 0 saturated heterocycles. The minimum atomic E-state index is -2.03. The maximum absolute atomic E-state index is 6.58. The average Bonchev–Trinajstić information content (AvgIpc) is 2.94. The standard InChI is InChI=1S/C27H45NOSi2/c1-14-15-29-24-22(17-19(3)25(30(10)11)23(24)27(5,6)7)31(12,13)26-20(4)18(2)16-21(26)28(8)9/h14,16-17,20,30H,1,15H2,2-13H3. The average molecular weight is 456 g/mol. The van der Waals surface area contributed by atoms with Crippen LogP contribution in [0.5, 0.6) is 5.75 Å². The quantitative estimate of drug-likeness (QED) is 0.402. The number of allylic oxidation sites excluding steroid dienone is 3. The van der Waals surface area contributed by atoms with E-state index >= 15 is 0 Å². The Kier molecular flexibility index (Phi) is 7.59. The van der Waals surface area contributed by atoms with Gasteiger partial charge in [-0.1, -0.05) is 88.9 Å². The number of likely N-dealkylation sites (N-methyl/N-ethyl adjacent to an activating group) is 1. The Morgan fingerprint density at radius 2 is 1.77 bits per heavy atom. The second-order valence-corrected chi connectivity index (χ2v) is 18.5. The molecule has 2 nitrogen and oxygen atoms in total. The fourth-order valence-corrected chi connectivity index (χ4v) is 11.3. The van der Waals surface area contributed by atoms with Crippen molar-refractivity contribution >= 4 is 27.2 Å². The predicted molar refractivity (Wildman–Crippen MR) is 145 cm³/mol. The van der Waals surface area contributed by atoms with Crippen LogP contribution >= 0.6 is 0 Å². The van der Waals surface area contributed by atoms with E-state index in [0.29, 0.717) is 12.5 Å². The van der Waals surface area contributed by atoms with Gasteiger partial charge in [0.1, 0.15) is 20.4 Å². The molecule has 172 valence electrons. The lowest BCUT2D eigenvalue weighted by Crippen LogP contribution is -2.50. The first-order valence-electron chi connectivity index (χ1n) is 11.7. The SMILES string of the molecule is C=CCOc1c([Si](C)(C)C2=C(N(C)C)C=C(C)C2C)cc(C)c([SiH](C)C)c1C(C)(C)C. The van der Waals surface area contributed by atoms with Gasteiger partial charge in [0.05, 0.1) is 8.80 Å². The van der Waals surface area contributed by atoms with Gasteiger partial charge >= 0.3 is 0 Å². The molecule has 31 heavy (non-hydrogen) atoms. The van der Waals surface area contributed by atoms with E-state index in [9.17, 15) is 0 Å². The molecule has 0 heterocycles. The molecular formula is C27H45NOSi2. The van der Waals surface area contributed by atoms with Gasteiger partial charge in [0.15, 0.2) is 0 Å². The van der Waals surface area contributed by atoms with E-state index in [-0.39, 0.29) is 5.41 Å². The topological polar surface area (TPSA) is 12.5 Å². The highest BCUT2D eigenvalue weighted by Gasteiger charge is 2.41. The maximum Gasteiger partial charge on any atom is 0.123 e. The summed E-state index contributed by atoms with van der Waals surface area (Å²) in [5, 5.41) is 4.64. The van der Waals surface area contributed by atoms with Gasteiger partial charge in [-0.15, -0.1) is 0 Å². The fraction of sp³-hybridized carbons (Fsp3) is 0.556. The lowest BCUT2D eigenvalue weighted by Gasteiger charge is -2.37. The third kappa shape index (κ3) is 4.80. The Morgan fingerprint density at radius 3 is 2.23 bits per heavy atom. The van der Waals surface area contributed by atoms with Crippen LogP contribution in [0.3, 0.4) is 0 Å². The molecule has 0 aliphatic heterocycles. The normalized spacial score (nSPS) is 17.3. The highest BCUT2D eigenvalue weighted by molar-refractivity contribution is 6.96. The summed E-state index contributed by atoms with van der Waals surface area (Å²) < 4.78 is 6.58. The van der Waals surface area contributed by atoms with Crippen LogP contribution in [0, 0.1) is 12.8 Å². The van der Waals surface area contributed by atoms with Gasteiger partial charge in [-0.2, -0.15) is 0 Å². The van der Waals surface area contributed by atoms with Gasteiger partial charge in [0.25, 0.3) is 0 Å². The van der Waals surface area contributed by atoms with Crippen LogP contribution in [0.4, 0.5) is 0 Å². The van der Waals surface area contributed by atoms with Crippen molar-refractivity contribution in [1.82, 2.24) is 4.90 Å². The molecule has 0 radical (unpaired) electrons. The molecule has 1 aromatic rings. The molecule has 0 spiro atoms. The summed E-state index contributed by atoms with van der Waals surface area (Å²) in [7, 11) is 1.28. The van der Waals surface area contributed by atoms with Crippen molar-refractivity contribution < 1.29 is 4.74 Å². The third-order valence-corrected chi connectivity index (χ3v) is 12.4. The van der Waals surface area contributed by atoms with Crippen molar-refractivity contribution in [2.24, 2.45) is 5.92 Å². The van der Waals surface area contributed by atoms with E-state index in [4.69, 9.17) is 4.74 Å². The molecule has 0 fully saturated rings. The number of nitrogens with zero attached hydrogens (tertiary/aromatic N) is 1. The lowest BCUT2D eigenvalue weighted by molar-refractivity contribution is 0.354. The Labute approximate surface area is 194 Å². The zero-order valence-corrected chi connectivity index (χ0v) is 24.3. The minimum absolute atomic E-state index is 0.0303. The summed E-state index contributed by atoms with van der Waals surface area (Å²) in [6.07, 6.45) is 4.28. The monoisotopic (exact) mass is 455 g/mol. The maximum atomic E-state index is 6.58. The first-order valence-corrected chi connectivity index (χ1v) is 17.6. The summed E-state index contributed by atoms with van der Waals surface area (Å²) in [4.78, 5) is 2.30. The van der Waals surface area contributed by atoms with Crippen LogP contribution in [0.2, 0.25) is 26.2 Å². The zero-order valence-electron chi connectivity index (χ0n) is 22.2. The summed E-state index contributed by atoms with van der Waals surface area (Å²) in [6, 6.07) is 2.49. The van der Waals surface area contributed by atoms with Crippen molar-refractivity contribution in [3.8, 4) is 5.75 Å². The van der Waals surface area contributed by atoms with Crippen molar-refractivity contribution in [2.75, 3.05) is 20.7 Å². The van der Waals surface area contributed by atoms with Crippen LogP contribution in [0.25, 0.3) is 0 Å². The molecule has 0 N–H and O–H groups in total. The number of hydrogen-bond acceptors (Lipinski definition) is 2. The van der Waals surface area contributed by atoms with Gasteiger partial charge in [0, 0.05) is 19.8 Å². The predicted octanol–water partition coefficient (Wildman–Crippen LogP) is 5.42. The number of hydrogen-bond donors (Lipinski definition) is 0. The summed E-state index contributed by atoms with van der Waals surface area (Å²) in [6.45, 7) is 28.4. The molecule has 1 aliphatic carbocycles. The van der Waals surface area contributed by atoms with Gasteiger partial charge in [-0.05, 0) is 47.2 Å². The molecule has 2 rings (SSSR count). The number of rotatable bonds is 7. The van der Waals surface area contributed by atoms with E-state index in [1.807, 2.05) is 6.08 Å². The molecule has 0 amide bonds. The minimum Gasteiger partial charge on any atom is -0.489 e. The Bertz CT molecular complexity index is 914. The lowest BCUT2D eigenvalue weighted by atomic mass is 9.85. The van der Waals surface area contributed by atoms with E-state index in [1.54, 1.807) is 10.4 Å². The molecule has 1 aromatic carbocycles. The first kappa shape index (κ1) is 25.7. The van der Waals surface area contributed by atoms with Gasteiger partial charge < -0.3 is 9.64 Å². The summed E-state index contributed by atoms with van der Waals surface area (Å²) in [5.41, 5.74) is 5.78. The Morgan fingerprint density at radius 1 is 1.19 bits per heavy atom. The van der Waals surface area contributed by atoms with E-state index < -0.39 is 16.9 Å². The van der Waals surface area contributed by atoms with Crippen molar-refractivity contribution in [2.45, 2.75) is 73.1 Å². The number of aryl methyl sites for hydroxylation is 1. The zero-order chi connectivity index (χ0) is 23.9. The smallest absolute Gasteiger partial charge is 0.123 e. The van der Waals surface area contributed by atoms with Crippen LogP contribution < -0.4 is 15.1 Å². The fourth-order valence-electron chi connectivity index (χ4n) is 5.30. The molecule has 1 aliphatic rings. The largest absolute Gasteiger partial charge is 0.489 e. The van der Waals surface area contributed by atoms with Gasteiger partial charge in [0.2, 0.25) is 0 Å². The Balaban J connectivity index is 2.95. The van der Waals surface area contributed by atoms with E-state index in [0.717, 1.165) is 5.75 Å². The third-order valence-electron chi connectivity index (χ3n) is 6.78. The summed E-state index contributed by atoms with van der Waals surface area (Å²) >= 11 is 0. The molecule has 0 saturated carbocycles. The molecule has 0 bridgehead atoms. The van der Waals surface area contributed by atoms with Crippen LogP contribution in [0.15, 0.2) is 41.3 Å². The first-order chi connectivity index (χ1) is 14.2. The van der Waals surface area contributed by atoms with Crippen molar-refractivity contribution in [3.63, 3.8) is 0 Å². The second-order valence-electron chi connectivity index (χ2n) is 11.3. The Hall–Kier alpha value is -1.53. The molecule has 1 atom stereocenters. The van der Waals surface area contributed by atoms with Crippen molar-refractivity contribution in [3.05, 3.63) is 52.4 Å².